The van der Waals surface area contributed by atoms with Crippen molar-refractivity contribution in [2.75, 3.05) is 4.90 Å². The van der Waals surface area contributed by atoms with Crippen molar-refractivity contribution in [3.63, 3.8) is 0 Å². The molecule has 0 amide bonds. The smallest absolute Gasteiger partial charge is 0.152 e. The third kappa shape index (κ3) is 6.08. The van der Waals surface area contributed by atoms with Crippen LogP contribution in [0.4, 0.5) is 17.1 Å². The largest absolute Gasteiger partial charge is 0.455 e. The van der Waals surface area contributed by atoms with Crippen LogP contribution in [0.5, 0.6) is 11.5 Å². The molecule has 318 valence electrons. The van der Waals surface area contributed by atoms with Gasteiger partial charge in [0.1, 0.15) is 11.2 Å². The maximum absolute atomic E-state index is 6.58. The maximum Gasteiger partial charge on any atom is 0.152 e. The van der Waals surface area contributed by atoms with Gasteiger partial charge in [0.15, 0.2) is 11.5 Å². The summed E-state index contributed by atoms with van der Waals surface area (Å²) in [5.74, 6) is 1.73. The van der Waals surface area contributed by atoms with Crippen molar-refractivity contribution in [1.29, 1.82) is 0 Å². The minimum atomic E-state index is 0.859. The molecule has 0 fully saturated rings. The van der Waals surface area contributed by atoms with E-state index in [9.17, 15) is 0 Å². The van der Waals surface area contributed by atoms with Crippen LogP contribution in [-0.2, 0) is 0 Å². The third-order valence-electron chi connectivity index (χ3n) is 13.8. The number of nitrogens with zero attached hydrogens (tertiary/aromatic N) is 2. The van der Waals surface area contributed by atoms with Crippen LogP contribution in [0.1, 0.15) is 0 Å². The average Bonchev–Trinajstić information content (AvgIpc) is 3.96. The number of furan rings is 1. The fraction of sp³-hybridized carbons (Fsp3) is 0. The second-order valence-corrected chi connectivity index (χ2v) is 17.7. The molecule has 0 saturated heterocycles. The molecule has 14 rings (SSSR count). The van der Waals surface area contributed by atoms with Gasteiger partial charge >= 0.3 is 0 Å². The molecule has 0 saturated carbocycles. The molecule has 2 aromatic heterocycles. The molecule has 1 aliphatic rings. The fourth-order valence-electron chi connectivity index (χ4n) is 10.6. The first-order valence-corrected chi connectivity index (χ1v) is 23.1. The van der Waals surface area contributed by atoms with Gasteiger partial charge in [0.05, 0.1) is 22.4 Å². The second-order valence-electron chi connectivity index (χ2n) is 17.7. The number of hydrogen-bond acceptors (Lipinski definition) is 3. The zero-order chi connectivity index (χ0) is 44.7. The van der Waals surface area contributed by atoms with E-state index >= 15 is 0 Å². The highest BCUT2D eigenvalue weighted by Gasteiger charge is 2.25. The second kappa shape index (κ2) is 15.2. The molecular weight excluding hydrogens is 829 g/mol. The molecular formula is C64H40N2O2. The number of ether oxygens (including phenoxy) is 1. The van der Waals surface area contributed by atoms with Crippen LogP contribution < -0.4 is 9.64 Å². The number of hydrogen-bond donors (Lipinski definition) is 0. The molecule has 4 nitrogen and oxygen atoms in total. The molecule has 4 heteroatoms. The van der Waals surface area contributed by atoms with Gasteiger partial charge in [0, 0.05) is 44.0 Å². The van der Waals surface area contributed by atoms with Crippen LogP contribution in [0.2, 0.25) is 0 Å². The first-order valence-electron chi connectivity index (χ1n) is 23.1. The summed E-state index contributed by atoms with van der Waals surface area (Å²) in [7, 11) is 0. The normalized spacial score (nSPS) is 11.9. The van der Waals surface area contributed by atoms with Crippen LogP contribution in [0.15, 0.2) is 247 Å². The lowest BCUT2D eigenvalue weighted by Crippen LogP contribution is -2.11. The van der Waals surface area contributed by atoms with Crippen molar-refractivity contribution >= 4 is 71.6 Å². The molecule has 0 atom stereocenters. The minimum absolute atomic E-state index is 0.859. The van der Waals surface area contributed by atoms with Crippen molar-refractivity contribution in [1.82, 2.24) is 4.57 Å². The molecule has 1 aliphatic heterocycles. The van der Waals surface area contributed by atoms with E-state index in [0.717, 1.165) is 100 Å². The van der Waals surface area contributed by atoms with Gasteiger partial charge in [-0.1, -0.05) is 164 Å². The zero-order valence-electron chi connectivity index (χ0n) is 36.8. The minimum Gasteiger partial charge on any atom is -0.455 e. The van der Waals surface area contributed by atoms with Crippen molar-refractivity contribution in [3.8, 4) is 61.7 Å². The average molecular weight is 869 g/mol. The first-order chi connectivity index (χ1) is 33.7. The summed E-state index contributed by atoms with van der Waals surface area (Å²) in [6.07, 6.45) is 0. The Morgan fingerprint density at radius 1 is 0.353 bits per heavy atom. The summed E-state index contributed by atoms with van der Waals surface area (Å²) < 4.78 is 15.4. The molecule has 3 heterocycles. The monoisotopic (exact) mass is 868 g/mol. The van der Waals surface area contributed by atoms with E-state index in [1.54, 1.807) is 0 Å². The van der Waals surface area contributed by atoms with Gasteiger partial charge in [-0.25, -0.2) is 0 Å². The summed E-state index contributed by atoms with van der Waals surface area (Å²) in [4.78, 5) is 2.40. The predicted octanol–water partition coefficient (Wildman–Crippen LogP) is 18.1. The Morgan fingerprint density at radius 2 is 1.00 bits per heavy atom. The number of anilines is 3. The van der Waals surface area contributed by atoms with Crippen LogP contribution >= 0.6 is 0 Å². The van der Waals surface area contributed by atoms with E-state index in [1.807, 2.05) is 24.3 Å². The summed E-state index contributed by atoms with van der Waals surface area (Å²) >= 11 is 0. The molecule has 0 N–H and O–H groups in total. The molecule has 0 radical (unpaired) electrons. The summed E-state index contributed by atoms with van der Waals surface area (Å²) in [5, 5.41) is 7.06. The standard InChI is InChI=1S/C64H40N2O2/c1-2-14-43-38-46(30-29-41(43)13-1)45-16-9-15-44(37-45)42-31-34-49(35-32-42)65(50-18-10-17-47(39-50)52-21-11-23-55-53-20-4-7-26-60(53)68-64(52)55)57-24-5-3-19-51(57)48-33-36-58-56(40-48)54-22-12-28-62-63(54)66(58)59-25-6-8-27-61(59)67-62/h1-40H. The van der Waals surface area contributed by atoms with Crippen molar-refractivity contribution in [3.05, 3.63) is 243 Å². The molecule has 0 aliphatic carbocycles. The summed E-state index contributed by atoms with van der Waals surface area (Å²) in [6.45, 7) is 0. The van der Waals surface area contributed by atoms with Gasteiger partial charge in [-0.15, -0.1) is 0 Å². The number of benzene rings is 11. The van der Waals surface area contributed by atoms with E-state index in [-0.39, 0.29) is 0 Å². The Bertz CT molecular complexity index is 4140. The van der Waals surface area contributed by atoms with Crippen molar-refractivity contribution in [2.45, 2.75) is 0 Å². The lowest BCUT2D eigenvalue weighted by molar-refractivity contribution is 0.476. The van der Waals surface area contributed by atoms with Gasteiger partial charge in [-0.3, -0.25) is 0 Å². The maximum atomic E-state index is 6.58. The lowest BCUT2D eigenvalue weighted by atomic mass is 9.96. The van der Waals surface area contributed by atoms with E-state index < -0.39 is 0 Å². The number of para-hydroxylation sites is 6. The van der Waals surface area contributed by atoms with Gasteiger partial charge in [-0.2, -0.15) is 0 Å². The topological polar surface area (TPSA) is 30.5 Å². The summed E-state index contributed by atoms with van der Waals surface area (Å²) in [5.41, 5.74) is 17.3. The molecule has 13 aromatic rings. The van der Waals surface area contributed by atoms with Gasteiger partial charge in [-0.05, 0) is 123 Å². The Hall–Kier alpha value is -9.12. The fourth-order valence-corrected chi connectivity index (χ4v) is 10.6. The quantitative estimate of drug-likeness (QED) is 0.160. The summed E-state index contributed by atoms with van der Waals surface area (Å²) in [6, 6.07) is 87.1. The van der Waals surface area contributed by atoms with Crippen LogP contribution in [0.25, 0.3) is 105 Å². The Kier molecular flexibility index (Phi) is 8.55. The van der Waals surface area contributed by atoms with Crippen LogP contribution in [-0.4, -0.2) is 4.57 Å². The lowest BCUT2D eigenvalue weighted by Gasteiger charge is -2.28. The first kappa shape index (κ1) is 38.2. The SMILES string of the molecule is c1cc(-c2ccc(N(c3cccc(-c4cccc5c4oc4ccccc45)c3)c3ccccc3-c3ccc4c(c3)c3cccc5c3n4-c3ccccc3O5)cc2)cc(-c2ccc3ccccc3c2)c1. The number of fused-ring (bicyclic) bond motifs is 9. The third-order valence-corrected chi connectivity index (χ3v) is 13.8. The van der Waals surface area contributed by atoms with Gasteiger partial charge < -0.3 is 18.6 Å². The van der Waals surface area contributed by atoms with Crippen molar-refractivity contribution < 1.29 is 9.15 Å². The van der Waals surface area contributed by atoms with E-state index in [1.165, 1.54) is 32.8 Å². The zero-order valence-corrected chi connectivity index (χ0v) is 36.8. The van der Waals surface area contributed by atoms with Gasteiger partial charge in [0.2, 0.25) is 0 Å². The molecule has 0 bridgehead atoms. The molecule has 0 spiro atoms. The predicted molar refractivity (Wildman–Crippen MR) is 282 cm³/mol. The number of rotatable bonds is 7. The Morgan fingerprint density at radius 3 is 1.94 bits per heavy atom. The van der Waals surface area contributed by atoms with Crippen molar-refractivity contribution in [2.24, 2.45) is 0 Å². The Balaban J connectivity index is 0.918. The highest BCUT2D eigenvalue weighted by atomic mass is 16.5. The van der Waals surface area contributed by atoms with Crippen LogP contribution in [0.3, 0.4) is 0 Å². The van der Waals surface area contributed by atoms with E-state index in [0.29, 0.717) is 0 Å². The number of aromatic nitrogens is 1. The highest BCUT2D eigenvalue weighted by molar-refractivity contribution is 6.14. The highest BCUT2D eigenvalue weighted by Crippen LogP contribution is 2.48. The van der Waals surface area contributed by atoms with E-state index in [2.05, 4.69) is 228 Å². The van der Waals surface area contributed by atoms with E-state index in [4.69, 9.17) is 9.15 Å². The molecule has 0 unspecified atom stereocenters. The Labute approximate surface area is 392 Å². The molecule has 11 aromatic carbocycles. The molecule has 68 heavy (non-hydrogen) atoms. The van der Waals surface area contributed by atoms with Gasteiger partial charge in [0.25, 0.3) is 0 Å². The van der Waals surface area contributed by atoms with Crippen LogP contribution in [0, 0.1) is 0 Å².